The van der Waals surface area contributed by atoms with Gasteiger partial charge in [0.15, 0.2) is 11.5 Å². The van der Waals surface area contributed by atoms with Crippen LogP contribution in [-0.2, 0) is 11.0 Å². The van der Waals surface area contributed by atoms with Gasteiger partial charge in [0.25, 0.3) is 0 Å². The summed E-state index contributed by atoms with van der Waals surface area (Å²) in [4.78, 5) is 14.6. The van der Waals surface area contributed by atoms with Gasteiger partial charge in [0.05, 0.1) is 17.4 Å². The maximum absolute atomic E-state index is 13.1. The Morgan fingerprint density at radius 2 is 2.23 bits per heavy atom. The van der Waals surface area contributed by atoms with E-state index in [1.54, 1.807) is 0 Å². The number of hydrogen-bond acceptors (Lipinski definition) is 5. The Hall–Kier alpha value is -2.47. The van der Waals surface area contributed by atoms with Gasteiger partial charge >= 0.3 is 12.1 Å². The first kappa shape index (κ1) is 15.9. The predicted octanol–water partition coefficient (Wildman–Crippen LogP) is 2.58. The van der Waals surface area contributed by atoms with Gasteiger partial charge < -0.3 is 9.52 Å². The van der Waals surface area contributed by atoms with Crippen molar-refractivity contribution in [1.29, 1.82) is 5.26 Å². The van der Waals surface area contributed by atoms with Crippen molar-refractivity contribution in [2.45, 2.75) is 11.2 Å². The van der Waals surface area contributed by atoms with Gasteiger partial charge in [-0.25, -0.2) is 4.98 Å². The van der Waals surface area contributed by atoms with E-state index in [-0.39, 0.29) is 16.5 Å². The SMILES string of the molecule is N#Cc1c(C(F)(F)F)cc(-c2ccco2)nc1SCC(=O)[OH2+]. The van der Waals surface area contributed by atoms with Gasteiger partial charge in [0.1, 0.15) is 16.8 Å². The van der Waals surface area contributed by atoms with E-state index < -0.39 is 29.0 Å². The normalized spacial score (nSPS) is 11.2. The van der Waals surface area contributed by atoms with E-state index in [0.717, 1.165) is 6.07 Å². The predicted molar refractivity (Wildman–Crippen MR) is 71.0 cm³/mol. The third-order valence-corrected chi connectivity index (χ3v) is 3.49. The molecule has 0 aliphatic carbocycles. The highest BCUT2D eigenvalue weighted by atomic mass is 32.2. The third kappa shape index (κ3) is 3.40. The van der Waals surface area contributed by atoms with Gasteiger partial charge in [-0.3, -0.25) is 0 Å². The molecule has 0 aromatic carbocycles. The van der Waals surface area contributed by atoms with E-state index in [4.69, 9.17) is 14.8 Å². The zero-order chi connectivity index (χ0) is 16.3. The molecule has 2 N–H and O–H groups in total. The average molecular weight is 329 g/mol. The third-order valence-electron chi connectivity index (χ3n) is 2.52. The van der Waals surface area contributed by atoms with Crippen LogP contribution in [0.25, 0.3) is 11.5 Å². The fourth-order valence-corrected chi connectivity index (χ4v) is 2.37. The lowest BCUT2D eigenvalue weighted by Gasteiger charge is -2.12. The van der Waals surface area contributed by atoms with E-state index in [1.807, 2.05) is 0 Å². The molecule has 22 heavy (non-hydrogen) atoms. The second-order valence-electron chi connectivity index (χ2n) is 4.03. The molecule has 0 amide bonds. The topological polar surface area (TPSA) is 89.8 Å². The summed E-state index contributed by atoms with van der Waals surface area (Å²) < 4.78 is 44.4. The Balaban J connectivity index is 2.62. The molecule has 0 spiro atoms. The van der Waals surface area contributed by atoms with Gasteiger partial charge in [0.2, 0.25) is 0 Å². The lowest BCUT2D eigenvalue weighted by atomic mass is 10.1. The summed E-state index contributed by atoms with van der Waals surface area (Å²) in [7, 11) is 0. The van der Waals surface area contributed by atoms with Crippen LogP contribution >= 0.6 is 11.8 Å². The zero-order valence-corrected chi connectivity index (χ0v) is 11.6. The molecule has 2 heterocycles. The molecule has 0 unspecified atom stereocenters. The Labute approximate surface area is 126 Å². The van der Waals surface area contributed by atoms with Crippen molar-refractivity contribution < 1.29 is 27.5 Å². The number of alkyl halides is 3. The molecule has 2 aromatic heterocycles. The number of aromatic nitrogens is 1. The number of nitriles is 1. The summed E-state index contributed by atoms with van der Waals surface area (Å²) >= 11 is 0.609. The van der Waals surface area contributed by atoms with Crippen LogP contribution in [-0.4, -0.2) is 21.8 Å². The lowest BCUT2D eigenvalue weighted by molar-refractivity contribution is -0.138. The molecule has 114 valence electrons. The second kappa shape index (κ2) is 6.11. The van der Waals surface area contributed by atoms with Crippen molar-refractivity contribution >= 4 is 17.7 Å². The molecule has 0 saturated heterocycles. The van der Waals surface area contributed by atoms with E-state index in [2.05, 4.69) is 4.98 Å². The number of rotatable bonds is 4. The first-order chi connectivity index (χ1) is 10.3. The van der Waals surface area contributed by atoms with Crippen molar-refractivity contribution in [2.24, 2.45) is 0 Å². The number of carbonyl (C=O) groups is 1. The van der Waals surface area contributed by atoms with Crippen LogP contribution < -0.4 is 0 Å². The molecule has 2 aromatic rings. The van der Waals surface area contributed by atoms with Crippen LogP contribution in [0.1, 0.15) is 11.1 Å². The second-order valence-corrected chi connectivity index (χ2v) is 5.00. The first-order valence-corrected chi connectivity index (χ1v) is 6.75. The summed E-state index contributed by atoms with van der Waals surface area (Å²) in [6, 6.07) is 5.10. The summed E-state index contributed by atoms with van der Waals surface area (Å²) in [5.41, 5.74) is -1.93. The first-order valence-electron chi connectivity index (χ1n) is 5.76. The summed E-state index contributed by atoms with van der Waals surface area (Å²) in [5.74, 6) is -1.28. The summed E-state index contributed by atoms with van der Waals surface area (Å²) in [5, 5.41) is 15.5. The molecule has 0 fully saturated rings. The molecular weight excluding hydrogens is 321 g/mol. The molecule has 5 nitrogen and oxygen atoms in total. The molecule has 0 radical (unpaired) electrons. The van der Waals surface area contributed by atoms with E-state index in [1.165, 1.54) is 24.5 Å². The fourth-order valence-electron chi connectivity index (χ4n) is 1.64. The Bertz CT molecular complexity index is 736. The van der Waals surface area contributed by atoms with E-state index in [0.29, 0.717) is 11.8 Å². The number of halogens is 3. The van der Waals surface area contributed by atoms with Gasteiger partial charge in [-0.15, -0.1) is 0 Å². The van der Waals surface area contributed by atoms with Crippen molar-refractivity contribution in [1.82, 2.24) is 4.98 Å². The summed E-state index contributed by atoms with van der Waals surface area (Å²) in [6.07, 6.45) is -3.47. The number of nitrogens with zero attached hydrogens (tertiary/aromatic N) is 2. The van der Waals surface area contributed by atoms with Crippen molar-refractivity contribution in [3.63, 3.8) is 0 Å². The maximum Gasteiger partial charge on any atom is 0.526 e. The number of carbonyl (C=O) groups excluding carboxylic acids is 1. The van der Waals surface area contributed by atoms with Gasteiger partial charge in [-0.2, -0.15) is 18.4 Å². The van der Waals surface area contributed by atoms with Crippen molar-refractivity contribution in [3.05, 3.63) is 35.6 Å². The van der Waals surface area contributed by atoms with Crippen LogP contribution in [0, 0.1) is 11.3 Å². The quantitative estimate of drug-likeness (QED) is 0.635. The Morgan fingerprint density at radius 1 is 1.50 bits per heavy atom. The van der Waals surface area contributed by atoms with Crippen molar-refractivity contribution in [3.8, 4) is 17.5 Å². The van der Waals surface area contributed by atoms with Crippen LogP contribution in [0.15, 0.2) is 33.9 Å². The smallest absolute Gasteiger partial charge is 0.526 e. The number of thioether (sulfide) groups is 1. The van der Waals surface area contributed by atoms with Crippen LogP contribution in [0.3, 0.4) is 0 Å². The van der Waals surface area contributed by atoms with Gasteiger partial charge in [-0.1, -0.05) is 11.8 Å². The van der Waals surface area contributed by atoms with E-state index in [9.17, 15) is 18.0 Å². The molecule has 0 saturated carbocycles. The highest BCUT2D eigenvalue weighted by molar-refractivity contribution is 7.99. The van der Waals surface area contributed by atoms with Gasteiger partial charge in [-0.05, 0) is 18.2 Å². The van der Waals surface area contributed by atoms with Gasteiger partial charge in [0, 0.05) is 4.79 Å². The highest BCUT2D eigenvalue weighted by Crippen LogP contribution is 2.37. The maximum atomic E-state index is 13.1. The number of pyridine rings is 1. The molecule has 0 aliphatic rings. The monoisotopic (exact) mass is 329 g/mol. The molecule has 0 bridgehead atoms. The number of furan rings is 1. The van der Waals surface area contributed by atoms with E-state index >= 15 is 0 Å². The minimum Gasteiger partial charge on any atom is -0.564 e. The standard InChI is InChI=1S/C13H7F3N2O3S/c14-13(15,16)8-4-9(10-2-1-3-21-10)18-12(7(8)5-17)22-6-11(19)20/h1-4H,6H2,(H,19,20)/p+1. The van der Waals surface area contributed by atoms with Crippen LogP contribution in [0.5, 0.6) is 0 Å². The minimum atomic E-state index is -4.75. The fraction of sp³-hybridized carbons (Fsp3) is 0.154. The Morgan fingerprint density at radius 3 is 2.73 bits per heavy atom. The molecular formula is C13H8F3N2O3S+. The number of hydrogen-bond donors (Lipinski definition) is 0. The summed E-state index contributed by atoms with van der Waals surface area (Å²) in [6.45, 7) is 0. The minimum absolute atomic E-state index is 0.101. The zero-order valence-electron chi connectivity index (χ0n) is 10.8. The van der Waals surface area contributed by atoms with Crippen LogP contribution in [0.2, 0.25) is 0 Å². The van der Waals surface area contributed by atoms with Crippen LogP contribution in [0.4, 0.5) is 13.2 Å². The largest absolute Gasteiger partial charge is 0.564 e. The molecule has 0 aliphatic heterocycles. The highest BCUT2D eigenvalue weighted by Gasteiger charge is 2.36. The Kier molecular flexibility index (Phi) is 4.42. The molecule has 0 atom stereocenters. The average Bonchev–Trinajstić information content (AvgIpc) is 2.97. The molecule has 2 rings (SSSR count). The van der Waals surface area contributed by atoms with Crippen molar-refractivity contribution in [2.75, 3.05) is 5.75 Å². The molecule has 9 heteroatoms. The lowest BCUT2D eigenvalue weighted by Crippen LogP contribution is -2.11.